The quantitative estimate of drug-likeness (QED) is 0.833. The maximum absolute atomic E-state index is 11.9. The van der Waals surface area contributed by atoms with Gasteiger partial charge in [-0.3, -0.25) is 9.69 Å². The Morgan fingerprint density at radius 1 is 1.72 bits per heavy atom. The van der Waals surface area contributed by atoms with E-state index >= 15 is 0 Å². The molecule has 0 aliphatic carbocycles. The number of carbonyl (C=O) groups is 1. The number of nitrogens with two attached hydrogens (primary N) is 1. The average molecular weight is 251 g/mol. The molecule has 1 aliphatic rings. The largest absolute Gasteiger partial charge is 0.467 e. The predicted molar refractivity (Wildman–Crippen MR) is 68.9 cm³/mol. The topological polar surface area (TPSA) is 71.5 Å². The van der Waals surface area contributed by atoms with Crippen LogP contribution in [0.1, 0.15) is 31.6 Å². The van der Waals surface area contributed by atoms with Crippen molar-refractivity contribution in [2.45, 2.75) is 31.8 Å². The van der Waals surface area contributed by atoms with Crippen LogP contribution in [0.3, 0.4) is 0 Å². The van der Waals surface area contributed by atoms with Crippen molar-refractivity contribution in [2.24, 2.45) is 5.73 Å². The van der Waals surface area contributed by atoms with Gasteiger partial charge >= 0.3 is 0 Å². The second-order valence-corrected chi connectivity index (χ2v) is 4.94. The molecule has 18 heavy (non-hydrogen) atoms. The minimum atomic E-state index is -0.0917. The normalized spacial score (nSPS) is 22.7. The van der Waals surface area contributed by atoms with Gasteiger partial charge in [0.15, 0.2) is 0 Å². The molecule has 1 amide bonds. The highest BCUT2D eigenvalue weighted by Gasteiger charge is 2.20. The molecular weight excluding hydrogens is 230 g/mol. The molecule has 0 saturated carbocycles. The van der Waals surface area contributed by atoms with E-state index in [1.165, 1.54) is 0 Å². The number of hydrogen-bond donors (Lipinski definition) is 2. The molecule has 0 radical (unpaired) electrons. The minimum Gasteiger partial charge on any atom is -0.467 e. The molecule has 1 aliphatic heterocycles. The van der Waals surface area contributed by atoms with Gasteiger partial charge in [-0.15, -0.1) is 0 Å². The predicted octanol–water partition coefficient (Wildman–Crippen LogP) is 0.880. The third-order valence-electron chi connectivity index (χ3n) is 3.26. The molecule has 2 atom stereocenters. The van der Waals surface area contributed by atoms with Crippen molar-refractivity contribution in [1.29, 1.82) is 0 Å². The van der Waals surface area contributed by atoms with Gasteiger partial charge in [-0.25, -0.2) is 0 Å². The van der Waals surface area contributed by atoms with Crippen LogP contribution in [0, 0.1) is 0 Å². The number of nitrogens with zero attached hydrogens (tertiary/aromatic N) is 1. The summed E-state index contributed by atoms with van der Waals surface area (Å²) in [5, 5.41) is 2.93. The number of hydrogen-bond acceptors (Lipinski definition) is 4. The van der Waals surface area contributed by atoms with Crippen LogP contribution < -0.4 is 11.1 Å². The number of likely N-dealkylation sites (tertiary alicyclic amines) is 1. The molecule has 0 spiro atoms. The SMILES string of the molecule is CC(NC(=O)CN1CCCC(N)C1)c1ccco1. The fourth-order valence-corrected chi connectivity index (χ4v) is 2.33. The van der Waals surface area contributed by atoms with E-state index in [4.69, 9.17) is 10.2 Å². The highest BCUT2D eigenvalue weighted by molar-refractivity contribution is 5.78. The van der Waals surface area contributed by atoms with E-state index < -0.39 is 0 Å². The van der Waals surface area contributed by atoms with Crippen LogP contribution in [0.2, 0.25) is 0 Å². The summed E-state index contributed by atoms with van der Waals surface area (Å²) >= 11 is 0. The Labute approximate surface area is 107 Å². The standard InChI is InChI=1S/C13H21N3O2/c1-10(12-5-3-7-18-12)15-13(17)9-16-6-2-4-11(14)8-16/h3,5,7,10-11H,2,4,6,8-9,14H2,1H3,(H,15,17). The fraction of sp³-hybridized carbons (Fsp3) is 0.615. The van der Waals surface area contributed by atoms with E-state index in [9.17, 15) is 4.79 Å². The highest BCUT2D eigenvalue weighted by Crippen LogP contribution is 2.12. The van der Waals surface area contributed by atoms with Gasteiger partial charge in [-0.05, 0) is 38.4 Å². The molecule has 0 aromatic carbocycles. The number of furan rings is 1. The van der Waals surface area contributed by atoms with Gasteiger partial charge in [0.2, 0.25) is 5.91 Å². The van der Waals surface area contributed by atoms with Crippen LogP contribution in [0.5, 0.6) is 0 Å². The summed E-state index contributed by atoms with van der Waals surface area (Å²) in [5.41, 5.74) is 5.89. The fourth-order valence-electron chi connectivity index (χ4n) is 2.33. The van der Waals surface area contributed by atoms with Crippen molar-refractivity contribution in [3.05, 3.63) is 24.2 Å². The van der Waals surface area contributed by atoms with Crippen LogP contribution in [-0.2, 0) is 4.79 Å². The van der Waals surface area contributed by atoms with Crippen LogP contribution in [0.15, 0.2) is 22.8 Å². The van der Waals surface area contributed by atoms with Gasteiger partial charge in [0.05, 0.1) is 18.8 Å². The summed E-state index contributed by atoms with van der Waals surface area (Å²) in [6, 6.07) is 3.80. The zero-order valence-electron chi connectivity index (χ0n) is 10.8. The summed E-state index contributed by atoms with van der Waals surface area (Å²) in [7, 11) is 0. The summed E-state index contributed by atoms with van der Waals surface area (Å²) in [6.45, 7) is 4.09. The Hall–Kier alpha value is -1.33. The second-order valence-electron chi connectivity index (χ2n) is 4.94. The molecule has 0 bridgehead atoms. The van der Waals surface area contributed by atoms with Crippen LogP contribution >= 0.6 is 0 Å². The van der Waals surface area contributed by atoms with E-state index in [2.05, 4.69) is 10.2 Å². The first-order valence-electron chi connectivity index (χ1n) is 6.46. The molecule has 5 heteroatoms. The molecule has 1 saturated heterocycles. The Kier molecular flexibility index (Phi) is 4.38. The number of carbonyl (C=O) groups excluding carboxylic acids is 1. The van der Waals surface area contributed by atoms with Gasteiger partial charge in [-0.1, -0.05) is 0 Å². The lowest BCUT2D eigenvalue weighted by atomic mass is 10.1. The zero-order valence-corrected chi connectivity index (χ0v) is 10.8. The first-order valence-corrected chi connectivity index (χ1v) is 6.46. The van der Waals surface area contributed by atoms with Crippen LogP contribution in [0.25, 0.3) is 0 Å². The first-order chi connectivity index (χ1) is 8.65. The Balaban J connectivity index is 1.78. The number of piperidine rings is 1. The molecule has 2 rings (SSSR count). The maximum Gasteiger partial charge on any atom is 0.234 e. The molecule has 5 nitrogen and oxygen atoms in total. The number of nitrogens with one attached hydrogen (secondary N) is 1. The van der Waals surface area contributed by atoms with Crippen molar-refractivity contribution in [1.82, 2.24) is 10.2 Å². The van der Waals surface area contributed by atoms with E-state index in [-0.39, 0.29) is 18.0 Å². The molecule has 1 aromatic heterocycles. The van der Waals surface area contributed by atoms with Crippen molar-refractivity contribution in [3.8, 4) is 0 Å². The molecular formula is C13H21N3O2. The lowest BCUT2D eigenvalue weighted by Crippen LogP contribution is -2.47. The van der Waals surface area contributed by atoms with Crippen molar-refractivity contribution >= 4 is 5.91 Å². The maximum atomic E-state index is 11.9. The van der Waals surface area contributed by atoms with E-state index in [1.807, 2.05) is 19.1 Å². The summed E-state index contributed by atoms with van der Waals surface area (Å²) in [4.78, 5) is 14.0. The third kappa shape index (κ3) is 3.58. The molecule has 1 aromatic rings. The third-order valence-corrected chi connectivity index (χ3v) is 3.26. The zero-order chi connectivity index (χ0) is 13.0. The van der Waals surface area contributed by atoms with Gasteiger partial charge < -0.3 is 15.5 Å². The van der Waals surface area contributed by atoms with E-state index in [1.54, 1.807) is 6.26 Å². The second kappa shape index (κ2) is 6.02. The summed E-state index contributed by atoms with van der Waals surface area (Å²) in [5.74, 6) is 0.798. The summed E-state index contributed by atoms with van der Waals surface area (Å²) < 4.78 is 5.25. The Bertz CT molecular complexity index is 378. The van der Waals surface area contributed by atoms with E-state index in [0.29, 0.717) is 6.54 Å². The van der Waals surface area contributed by atoms with Gasteiger partial charge in [0.1, 0.15) is 5.76 Å². The number of amides is 1. The van der Waals surface area contributed by atoms with Crippen LogP contribution in [-0.4, -0.2) is 36.5 Å². The number of rotatable bonds is 4. The average Bonchev–Trinajstić information content (AvgIpc) is 2.81. The van der Waals surface area contributed by atoms with Gasteiger partial charge in [-0.2, -0.15) is 0 Å². The van der Waals surface area contributed by atoms with Gasteiger partial charge in [0, 0.05) is 12.6 Å². The smallest absolute Gasteiger partial charge is 0.234 e. The monoisotopic (exact) mass is 251 g/mol. The molecule has 1 fully saturated rings. The van der Waals surface area contributed by atoms with Crippen LogP contribution in [0.4, 0.5) is 0 Å². The minimum absolute atomic E-state index is 0.0213. The van der Waals surface area contributed by atoms with Crippen molar-refractivity contribution < 1.29 is 9.21 Å². The van der Waals surface area contributed by atoms with Gasteiger partial charge in [0.25, 0.3) is 0 Å². The lowest BCUT2D eigenvalue weighted by molar-refractivity contribution is -0.123. The summed E-state index contributed by atoms with van der Waals surface area (Å²) in [6.07, 6.45) is 3.74. The Morgan fingerprint density at radius 3 is 3.22 bits per heavy atom. The molecule has 100 valence electrons. The Morgan fingerprint density at radius 2 is 2.56 bits per heavy atom. The lowest BCUT2D eigenvalue weighted by Gasteiger charge is -2.30. The molecule has 2 heterocycles. The first kappa shape index (κ1) is 13.1. The highest BCUT2D eigenvalue weighted by atomic mass is 16.3. The van der Waals surface area contributed by atoms with Crippen molar-refractivity contribution in [2.75, 3.05) is 19.6 Å². The molecule has 3 N–H and O–H groups in total. The molecule has 2 unspecified atom stereocenters. The van der Waals surface area contributed by atoms with E-state index in [0.717, 1.165) is 31.7 Å². The van der Waals surface area contributed by atoms with Crippen molar-refractivity contribution in [3.63, 3.8) is 0 Å².